The maximum absolute atomic E-state index is 16.9. The fourth-order valence-electron chi connectivity index (χ4n) is 19.8. The number of nitrogens with two attached hydrogens (primary N) is 1. The summed E-state index contributed by atoms with van der Waals surface area (Å²) in [5, 5.41) is 26.1. The lowest BCUT2D eigenvalue weighted by molar-refractivity contribution is -0.141. The summed E-state index contributed by atoms with van der Waals surface area (Å²) in [4.78, 5) is 126. The molecule has 3 aliphatic heterocycles. The van der Waals surface area contributed by atoms with E-state index in [-0.39, 0.29) is 81.2 Å². The second-order valence-corrected chi connectivity index (χ2v) is 35.0. The number of carbonyl (C=O) groups excluding carboxylic acids is 6. The Bertz CT molecular complexity index is 7570. The maximum Gasteiger partial charge on any atom is 0.407 e. The highest BCUT2D eigenvalue weighted by molar-refractivity contribution is 6.61. The number of nitrogens with one attached hydrogen (secondary N) is 8. The SMILES string of the molecule is COC(=O)Cl.FC1(F)c2cc(-c3ccc4nc([C@H]5N[C@@H]6CC[C@H]5C6)[nH]c4c3)ccc2-c2ccc(-c3ccc([C@H]4CCC5(CC5)C4)[nH]3)cc21.[2H]C([2H])([2H])C([2H])(C([2H])([2H])[2H])[C@@]([2H])(N)C(=O)O.[2H]C([2H])([2H])C([2H])(C([2H])([2H])[2H])[C@@]([2H])(NC(=O)OC)C(=O)N1CC2(CC2)C[C@H]1c1ncc(-c2ccc3c(c2)C(F)(F)c2cc(-c4ccc5nc([C@@H]6[C@H]7CC[C@H](C7)N6C(=O)[C@]([2H])(NC(=O)OC)C([2H])(C([2H])([2H])[2H])C([2H])([2H])[2H])[nH]c5c4)ccc2-3)[nH]1.[2H]C([2H])([2H])C([2H])(C([2H])([2H])[2H])[C@@]([2H])(NC(=O)OC)C(=O)O. The number of piperidine rings is 2. The number of nitrogens with zero attached hydrogens (tertiary/aromatic N) is 5. The molecule has 12 atom stereocenters. The fraction of sp³-hybridized carbons (Fsp3) is 0.470. The van der Waals surface area contributed by atoms with Crippen molar-refractivity contribution in [3.8, 4) is 67.0 Å². The van der Waals surface area contributed by atoms with Crippen molar-refractivity contribution >= 4 is 81.1 Å². The first kappa shape index (κ1) is 61.6. The molecule has 0 radical (unpaired) electrons. The Labute approximate surface area is 817 Å². The van der Waals surface area contributed by atoms with Crippen LogP contribution in [0.5, 0.6) is 0 Å². The van der Waals surface area contributed by atoms with Gasteiger partial charge in [0.1, 0.15) is 41.5 Å². The van der Waals surface area contributed by atoms with Crippen molar-refractivity contribution in [2.75, 3.05) is 35.0 Å². The zero-order valence-corrected chi connectivity index (χ0v) is 72.6. The normalized spacial score (nSPS) is 27.8. The van der Waals surface area contributed by atoms with Gasteiger partial charge in [0, 0.05) is 108 Å². The molecule has 12 N–H and O–H groups in total. The fourth-order valence-corrected chi connectivity index (χ4v) is 19.8. The Morgan fingerprint density at radius 2 is 0.992 bits per heavy atom. The lowest BCUT2D eigenvalue weighted by atomic mass is 9.95. The van der Waals surface area contributed by atoms with Crippen LogP contribution in [0.15, 0.2) is 128 Å². The minimum Gasteiger partial charge on any atom is -0.480 e. The number of halogens is 5. The van der Waals surface area contributed by atoms with E-state index in [1.54, 1.807) is 59.2 Å². The highest BCUT2D eigenvalue weighted by atomic mass is 35.5. The van der Waals surface area contributed by atoms with Crippen LogP contribution in [-0.4, -0.2) is 174 Å². The number of likely N-dealkylation sites (tertiary alicyclic amines) is 2. The van der Waals surface area contributed by atoms with Crippen LogP contribution in [0, 0.1) is 46.2 Å². The molecule has 6 aromatic carbocycles. The van der Waals surface area contributed by atoms with Gasteiger partial charge in [0.15, 0.2) is 0 Å². The van der Waals surface area contributed by atoms with E-state index in [0.717, 1.165) is 70.4 Å². The molecule has 5 saturated carbocycles. The van der Waals surface area contributed by atoms with E-state index in [1.807, 2.05) is 36.4 Å². The van der Waals surface area contributed by atoms with Gasteiger partial charge in [0.25, 0.3) is 11.8 Å². The number of imidazole rings is 3. The third kappa shape index (κ3) is 18.9. The molecule has 10 aromatic rings. The number of ether oxygens (including phenoxy) is 4. The van der Waals surface area contributed by atoms with Gasteiger partial charge in [-0.05, 0) is 253 Å². The molecule has 2 spiro atoms. The van der Waals surface area contributed by atoms with Crippen LogP contribution in [-0.2, 0) is 50.0 Å². The summed E-state index contributed by atoms with van der Waals surface area (Å²) < 4.78 is 330. The Kier molecular flexibility index (Phi) is 17.3. The van der Waals surface area contributed by atoms with Gasteiger partial charge in [0.05, 0.1) is 86.0 Å². The number of fused-ring (bicyclic) bond motifs is 12. The van der Waals surface area contributed by atoms with E-state index in [2.05, 4.69) is 79.0 Å². The number of carbonyl (C=O) groups is 8. The standard InChI is InChI=1S/C49H54F2N8O6.C37H34F2N4.C7H13NO4.C5H11NO2.C2H3ClO2/c1-24(2)39(56-46(62)64-5)44(60)58-23-48(15-16-48)21-38(58)42-52-22-37(55-42)28-9-13-32-31-12-8-26(18-33(31)49(50,51)34(32)19-28)27-10-14-35-36(20-27)54-43(53-35)41-29-7-11-30(17-29)59(41)45(61)40(25(3)4)57-47(63)65-6;38-37(39)28-16-20(21-4-8-32-33(18-21)43-35(42-32)34-23-1-5-25(15-23)40-34)2-6-26(28)27-7-3-22(17-29(27)37)30-9-10-31(41-30)24-11-12-36(19-24)13-14-36;1-4(2)5(6(9)10)8-7(11)12-3;1-3(2)4(6)5(7)8;1-5-2(3)4/h8-10,12-14,18-20,22,24-25,29-30,38-41H,7,11,15-17,21,23H2,1-6H3,(H,52,55)(H,53,54)(H,56,62)(H,57,63);2-4,6-10,16-18,23-25,34,40-41H,1,5,11-15,19H2,(H,42,43);4-5H,1-3H3,(H,8,11)(H,9,10);3-4H,6H2,1-2H3,(H,7,8);1H3/t29-,30+,38-,39+,40+,41-;23-,24-,25+,34-;5-;4-;/m0011./s1/i1D3,2D3,3D3,4D3,24D,25D,39D,40D;;1D3,2D3,4D,5D;1D3,2D3,3D,4D;. The van der Waals surface area contributed by atoms with Crippen LogP contribution in [0.2, 0.25) is 0 Å². The number of hydrogen-bond acceptors (Lipinski definition) is 17. The molecule has 20 rings (SSSR count). The summed E-state index contributed by atoms with van der Waals surface area (Å²) in [7, 11) is 3.73. The molecular formula is C100H115ClF4N14O14. The second kappa shape index (κ2) is 37.4. The number of aromatic amines is 4. The first-order valence-electron chi connectivity index (χ1n) is 58.5. The molecule has 10 aliphatic rings. The molecule has 7 aliphatic carbocycles. The first-order valence-corrected chi connectivity index (χ1v) is 42.9. The number of alkyl halides is 4. The van der Waals surface area contributed by atoms with E-state index in [9.17, 15) is 39.7 Å². The Morgan fingerprint density at radius 1 is 0.511 bits per heavy atom. The topological polar surface area (TPSA) is 396 Å². The first-order chi connectivity index (χ1) is 75.9. The van der Waals surface area contributed by atoms with E-state index in [0.29, 0.717) is 88.7 Å². The van der Waals surface area contributed by atoms with Crippen LogP contribution in [0.25, 0.3) is 89.1 Å². The lowest BCUT2D eigenvalue weighted by Gasteiger charge is -2.37. The number of alkyl carbamates (subject to hydrolysis) is 3. The Balaban J connectivity index is 0.000000186. The van der Waals surface area contributed by atoms with Crippen LogP contribution in [0.3, 0.4) is 0 Å². The minimum absolute atomic E-state index is 0.0848. The van der Waals surface area contributed by atoms with Crippen molar-refractivity contribution in [1.82, 2.24) is 66.0 Å². The number of methoxy groups -OCH3 is 4. The molecule has 133 heavy (non-hydrogen) atoms. The van der Waals surface area contributed by atoms with Crippen LogP contribution >= 0.6 is 11.6 Å². The van der Waals surface area contributed by atoms with E-state index >= 15 is 17.6 Å². The molecule has 0 unspecified atom stereocenters. The minimum atomic E-state index is -3.91. The average Bonchev–Trinajstić information content (AvgIpc) is 0.892. The molecule has 7 heterocycles. The molecule has 704 valence electrons. The van der Waals surface area contributed by atoms with Gasteiger partial charge >= 0.3 is 35.6 Å². The lowest BCUT2D eigenvalue weighted by Crippen LogP contribution is -2.54. The highest BCUT2D eigenvalue weighted by Crippen LogP contribution is 2.63. The van der Waals surface area contributed by atoms with Gasteiger partial charge in [-0.1, -0.05) is 115 Å². The number of carboxylic acid groups (broad SMARTS) is 2. The average molecular weight is 1880 g/mol. The largest absolute Gasteiger partial charge is 0.480 e. The van der Waals surface area contributed by atoms with Crippen molar-refractivity contribution in [3.05, 3.63) is 173 Å². The number of aliphatic carboxylic acids is 2. The summed E-state index contributed by atoms with van der Waals surface area (Å²) in [6, 6.07) is 19.1. The Morgan fingerprint density at radius 3 is 1.47 bits per heavy atom. The third-order valence-corrected chi connectivity index (χ3v) is 26.9. The predicted molar refractivity (Wildman–Crippen MR) is 493 cm³/mol. The summed E-state index contributed by atoms with van der Waals surface area (Å²) in [6.07, 6.45) is 9.79. The number of carboxylic acids is 2. The number of aromatic nitrogens is 7. The van der Waals surface area contributed by atoms with Crippen molar-refractivity contribution in [1.29, 1.82) is 0 Å². The zero-order chi connectivity index (χ0) is 122. The molecule has 3 saturated heterocycles. The predicted octanol–water partition coefficient (Wildman–Crippen LogP) is 19.3. The monoisotopic (exact) mass is 1880 g/mol. The van der Waals surface area contributed by atoms with Crippen LogP contribution in [0.1, 0.15) is 258 Å². The second-order valence-electron chi connectivity index (χ2n) is 34.7. The number of hydrogen-bond donors (Lipinski definition) is 11. The highest BCUT2D eigenvalue weighted by Gasteiger charge is 2.57. The molecule has 4 aromatic heterocycles. The molecule has 33 heteroatoms. The van der Waals surface area contributed by atoms with Gasteiger partial charge in [-0.2, -0.15) is 17.6 Å². The summed E-state index contributed by atoms with van der Waals surface area (Å²) in [6.45, 7) is -29.8. The molecular weight excluding hydrogens is 1730 g/mol. The summed E-state index contributed by atoms with van der Waals surface area (Å²) in [5.41, 5.74) is 14.1. The van der Waals surface area contributed by atoms with Gasteiger partial charge in [-0.25, -0.2) is 38.9 Å². The van der Waals surface area contributed by atoms with Gasteiger partial charge in [0.2, 0.25) is 11.8 Å². The van der Waals surface area contributed by atoms with Gasteiger partial charge in [-0.3, -0.25) is 14.4 Å². The number of rotatable bonds is 19. The smallest absolute Gasteiger partial charge is 0.407 e. The van der Waals surface area contributed by atoms with Crippen molar-refractivity contribution in [2.45, 2.75) is 217 Å². The van der Waals surface area contributed by atoms with Gasteiger partial charge < -0.3 is 85.9 Å². The third-order valence-electron chi connectivity index (χ3n) is 26.8. The zero-order valence-electron chi connectivity index (χ0n) is 104. The number of amides is 5. The number of benzene rings is 6. The van der Waals surface area contributed by atoms with Crippen LogP contribution < -0.4 is 27.0 Å². The molecule has 4 bridgehead atoms. The Hall–Kier alpha value is -12.2. The van der Waals surface area contributed by atoms with Crippen molar-refractivity contribution < 1.29 is 129 Å². The van der Waals surface area contributed by atoms with Gasteiger partial charge in [-0.15, -0.1) is 0 Å². The molecule has 5 amide bonds. The molecule has 28 nitrogen and oxygen atoms in total. The van der Waals surface area contributed by atoms with E-state index in [4.69, 9.17) is 68.4 Å². The van der Waals surface area contributed by atoms with E-state index in [1.165, 1.54) is 93.9 Å². The summed E-state index contributed by atoms with van der Waals surface area (Å²) in [5.74, 6) is -27.1. The van der Waals surface area contributed by atoms with Crippen molar-refractivity contribution in [3.63, 3.8) is 0 Å². The summed E-state index contributed by atoms with van der Waals surface area (Å²) >= 11 is 4.60. The quantitative estimate of drug-likeness (QED) is 0.0203. The van der Waals surface area contributed by atoms with Crippen molar-refractivity contribution in [2.24, 2.45) is 52.0 Å². The van der Waals surface area contributed by atoms with Crippen LogP contribution in [0.4, 0.5) is 36.7 Å². The van der Waals surface area contributed by atoms with E-state index < -0.39 is 185 Å². The molecule has 8 fully saturated rings. The maximum atomic E-state index is 16.9. The number of H-pyrrole nitrogens is 4.